The maximum absolute atomic E-state index is 13.8. The Balaban J connectivity index is 1.61. The number of aromatic nitrogens is 3. The number of carbonyl (C=O) groups excluding carboxylic acids is 1. The van der Waals surface area contributed by atoms with Crippen LogP contribution in [0.5, 0.6) is 0 Å². The zero-order valence-electron chi connectivity index (χ0n) is 16.8. The van der Waals surface area contributed by atoms with Crippen molar-refractivity contribution in [2.24, 2.45) is 7.05 Å². The lowest BCUT2D eigenvalue weighted by molar-refractivity contribution is 0.0732. The Hall–Kier alpha value is -3.06. The lowest BCUT2D eigenvalue weighted by atomic mass is 10.1. The van der Waals surface area contributed by atoms with Crippen LogP contribution < -0.4 is 0 Å². The minimum absolute atomic E-state index is 0.0249. The predicted octanol–water partition coefficient (Wildman–Crippen LogP) is 4.95. The highest BCUT2D eigenvalue weighted by Gasteiger charge is 2.34. The second-order valence-corrected chi connectivity index (χ2v) is 8.68. The summed E-state index contributed by atoms with van der Waals surface area (Å²) < 4.78 is 15.1. The van der Waals surface area contributed by atoms with Gasteiger partial charge in [0.1, 0.15) is 5.82 Å². The topological polar surface area (TPSA) is 51.0 Å². The van der Waals surface area contributed by atoms with Gasteiger partial charge in [-0.25, -0.2) is 9.37 Å². The molecule has 0 bridgehead atoms. The molecule has 1 fully saturated rings. The first-order chi connectivity index (χ1) is 14.5. The molecule has 0 N–H and O–H groups in total. The molecule has 1 aliphatic carbocycles. The fourth-order valence-electron chi connectivity index (χ4n) is 3.86. The molecule has 1 aliphatic rings. The Bertz CT molecular complexity index is 1230. The predicted molar refractivity (Wildman–Crippen MR) is 116 cm³/mol. The summed E-state index contributed by atoms with van der Waals surface area (Å²) in [6.07, 6.45) is 1.98. The summed E-state index contributed by atoms with van der Waals surface area (Å²) >= 11 is 1.60. The van der Waals surface area contributed by atoms with Crippen molar-refractivity contribution in [3.63, 3.8) is 0 Å². The van der Waals surface area contributed by atoms with Gasteiger partial charge in [-0.15, -0.1) is 11.3 Å². The molecular formula is C23H21FN4OS. The molecule has 0 atom stereocenters. The van der Waals surface area contributed by atoms with Crippen LogP contribution >= 0.6 is 11.3 Å². The Morgan fingerprint density at radius 1 is 1.27 bits per heavy atom. The van der Waals surface area contributed by atoms with Crippen molar-refractivity contribution in [3.05, 3.63) is 70.5 Å². The van der Waals surface area contributed by atoms with Gasteiger partial charge in [-0.3, -0.25) is 9.48 Å². The van der Waals surface area contributed by atoms with Crippen LogP contribution in [0.2, 0.25) is 0 Å². The number of hydrogen-bond acceptors (Lipinski definition) is 4. The zero-order chi connectivity index (χ0) is 20.8. The standard InChI is InChI=1S/C23H21FN4OS/c1-14-21-18(12-19(20-4-3-11-30-20)25-22(21)27(2)26-14)23(29)28(17-9-10-17)13-15-5-7-16(24)8-6-15/h3-8,11-12,17H,9-10,13H2,1-2H3. The van der Waals surface area contributed by atoms with Gasteiger partial charge in [0.15, 0.2) is 5.65 Å². The highest BCUT2D eigenvalue weighted by molar-refractivity contribution is 7.13. The van der Waals surface area contributed by atoms with Crippen molar-refractivity contribution in [2.45, 2.75) is 32.4 Å². The number of nitrogens with zero attached hydrogens (tertiary/aromatic N) is 4. The van der Waals surface area contributed by atoms with Crippen molar-refractivity contribution in [1.82, 2.24) is 19.7 Å². The first-order valence-corrected chi connectivity index (χ1v) is 10.8. The van der Waals surface area contributed by atoms with Crippen LogP contribution in [0.15, 0.2) is 47.8 Å². The molecule has 3 heterocycles. The molecular weight excluding hydrogens is 399 g/mol. The molecule has 1 saturated carbocycles. The third-order valence-electron chi connectivity index (χ3n) is 5.49. The van der Waals surface area contributed by atoms with Crippen molar-refractivity contribution in [3.8, 4) is 10.6 Å². The Kier molecular flexibility index (Phi) is 4.62. The van der Waals surface area contributed by atoms with Gasteiger partial charge in [0.05, 0.1) is 27.2 Å². The SMILES string of the molecule is Cc1nn(C)c2nc(-c3cccs3)cc(C(=O)N(Cc3ccc(F)cc3)C3CC3)c12. The summed E-state index contributed by atoms with van der Waals surface area (Å²) in [5.74, 6) is -0.298. The molecule has 0 saturated heterocycles. The normalized spacial score (nSPS) is 13.7. The molecule has 4 aromatic rings. The Labute approximate surface area is 177 Å². The lowest BCUT2D eigenvalue weighted by Crippen LogP contribution is -2.33. The van der Waals surface area contributed by atoms with E-state index in [2.05, 4.69) is 5.10 Å². The number of thiophene rings is 1. The highest BCUT2D eigenvalue weighted by Crippen LogP contribution is 2.34. The van der Waals surface area contributed by atoms with Crippen LogP contribution in [0.4, 0.5) is 4.39 Å². The van der Waals surface area contributed by atoms with E-state index in [9.17, 15) is 9.18 Å². The van der Waals surface area contributed by atoms with Gasteiger partial charge in [-0.1, -0.05) is 18.2 Å². The van der Waals surface area contributed by atoms with Gasteiger partial charge < -0.3 is 4.90 Å². The van der Waals surface area contributed by atoms with E-state index >= 15 is 0 Å². The monoisotopic (exact) mass is 420 g/mol. The smallest absolute Gasteiger partial charge is 0.255 e. The van der Waals surface area contributed by atoms with Gasteiger partial charge in [-0.2, -0.15) is 5.10 Å². The molecule has 30 heavy (non-hydrogen) atoms. The number of halogens is 1. The maximum Gasteiger partial charge on any atom is 0.255 e. The molecule has 1 aromatic carbocycles. The summed E-state index contributed by atoms with van der Waals surface area (Å²) in [5.41, 5.74) is 3.82. The van der Waals surface area contributed by atoms with Crippen molar-refractivity contribution in [1.29, 1.82) is 0 Å². The summed E-state index contributed by atoms with van der Waals surface area (Å²) in [6, 6.07) is 12.5. The number of carbonyl (C=O) groups is 1. The van der Waals surface area contributed by atoms with E-state index in [1.807, 2.05) is 42.5 Å². The van der Waals surface area contributed by atoms with Crippen LogP contribution in [0, 0.1) is 12.7 Å². The van der Waals surface area contributed by atoms with Crippen molar-refractivity contribution in [2.75, 3.05) is 0 Å². The van der Waals surface area contributed by atoms with Crippen molar-refractivity contribution < 1.29 is 9.18 Å². The van der Waals surface area contributed by atoms with E-state index in [1.165, 1.54) is 12.1 Å². The van der Waals surface area contributed by atoms with E-state index in [-0.39, 0.29) is 17.8 Å². The number of fused-ring (bicyclic) bond motifs is 1. The second-order valence-electron chi connectivity index (χ2n) is 7.73. The lowest BCUT2D eigenvalue weighted by Gasteiger charge is -2.23. The van der Waals surface area contributed by atoms with Gasteiger partial charge in [0.2, 0.25) is 0 Å². The molecule has 3 aromatic heterocycles. The molecule has 0 spiro atoms. The molecule has 152 valence electrons. The minimum Gasteiger partial charge on any atom is -0.331 e. The molecule has 0 radical (unpaired) electrons. The third kappa shape index (κ3) is 3.39. The molecule has 7 heteroatoms. The van der Waals surface area contributed by atoms with Crippen LogP contribution in [0.25, 0.3) is 21.6 Å². The summed E-state index contributed by atoms with van der Waals surface area (Å²) in [4.78, 5) is 21.5. The van der Waals surface area contributed by atoms with E-state index in [0.29, 0.717) is 17.8 Å². The molecule has 1 amide bonds. The summed E-state index contributed by atoms with van der Waals surface area (Å²) in [6.45, 7) is 2.37. The molecule has 5 nitrogen and oxygen atoms in total. The highest BCUT2D eigenvalue weighted by atomic mass is 32.1. The number of amides is 1. The summed E-state index contributed by atoms with van der Waals surface area (Å²) in [7, 11) is 1.85. The maximum atomic E-state index is 13.8. The third-order valence-corrected chi connectivity index (χ3v) is 6.38. The van der Waals surface area contributed by atoms with Gasteiger partial charge >= 0.3 is 0 Å². The number of pyridine rings is 1. The van der Waals surface area contributed by atoms with Gasteiger partial charge in [0, 0.05) is 19.6 Å². The quantitative estimate of drug-likeness (QED) is 0.459. The molecule has 0 aliphatic heterocycles. The van der Waals surface area contributed by atoms with E-state index < -0.39 is 0 Å². The fourth-order valence-corrected chi connectivity index (χ4v) is 4.54. The van der Waals surface area contributed by atoms with Crippen LogP contribution in [-0.2, 0) is 13.6 Å². The van der Waals surface area contributed by atoms with E-state index in [1.54, 1.807) is 28.2 Å². The average Bonchev–Trinajstić information content (AvgIpc) is 3.34. The van der Waals surface area contributed by atoms with Crippen LogP contribution in [0.3, 0.4) is 0 Å². The molecule has 5 rings (SSSR count). The zero-order valence-corrected chi connectivity index (χ0v) is 17.6. The average molecular weight is 421 g/mol. The summed E-state index contributed by atoms with van der Waals surface area (Å²) in [5, 5.41) is 7.32. The fraction of sp³-hybridized carbons (Fsp3) is 0.261. The van der Waals surface area contributed by atoms with Crippen LogP contribution in [0.1, 0.15) is 34.5 Å². The van der Waals surface area contributed by atoms with Gasteiger partial charge in [-0.05, 0) is 55.0 Å². The Morgan fingerprint density at radius 2 is 2.03 bits per heavy atom. The van der Waals surface area contributed by atoms with Crippen molar-refractivity contribution >= 4 is 28.3 Å². The van der Waals surface area contributed by atoms with E-state index in [0.717, 1.165) is 40.1 Å². The second kappa shape index (κ2) is 7.32. The van der Waals surface area contributed by atoms with Gasteiger partial charge in [0.25, 0.3) is 5.91 Å². The Morgan fingerprint density at radius 3 is 2.70 bits per heavy atom. The molecule has 0 unspecified atom stereocenters. The largest absolute Gasteiger partial charge is 0.331 e. The number of benzene rings is 1. The minimum atomic E-state index is -0.273. The van der Waals surface area contributed by atoms with Crippen LogP contribution in [-0.4, -0.2) is 31.6 Å². The number of aryl methyl sites for hydroxylation is 2. The number of hydrogen-bond donors (Lipinski definition) is 0. The first kappa shape index (κ1) is 18.9. The van der Waals surface area contributed by atoms with E-state index in [4.69, 9.17) is 4.98 Å². The first-order valence-electron chi connectivity index (χ1n) is 9.95. The number of rotatable bonds is 5.